The first-order valence-electron chi connectivity index (χ1n) is 10.1. The van der Waals surface area contributed by atoms with E-state index >= 15 is 0 Å². The number of halogens is 1. The maximum Gasteiger partial charge on any atom is 0.259 e. The van der Waals surface area contributed by atoms with Crippen LogP contribution in [0.25, 0.3) is 5.65 Å². The molecular weight excluding hydrogens is 390 g/mol. The van der Waals surface area contributed by atoms with Gasteiger partial charge in [0.2, 0.25) is 5.88 Å². The maximum absolute atomic E-state index is 13.3. The first-order chi connectivity index (χ1) is 14.2. The van der Waals surface area contributed by atoms with E-state index in [0.29, 0.717) is 29.7 Å². The van der Waals surface area contributed by atoms with E-state index in [1.807, 2.05) is 33.7 Å². The van der Waals surface area contributed by atoms with Crippen LogP contribution in [0, 0.1) is 0 Å². The van der Waals surface area contributed by atoms with Gasteiger partial charge in [0.25, 0.3) is 5.91 Å². The van der Waals surface area contributed by atoms with E-state index in [1.165, 1.54) is 0 Å². The number of carbonyl (C=O) groups is 1. The Kier molecular flexibility index (Phi) is 4.83. The molecule has 5 rings (SSSR count). The molecule has 3 aromatic heterocycles. The van der Waals surface area contributed by atoms with Crippen LogP contribution in [0.4, 0.5) is 0 Å². The molecule has 1 atom stereocenters. The molecule has 7 nitrogen and oxygen atoms in total. The fraction of sp³-hybridized carbons (Fsp3) is 0.429. The molecular formula is C21H22ClN5O2. The van der Waals surface area contributed by atoms with Crippen molar-refractivity contribution in [2.45, 2.75) is 44.1 Å². The molecule has 0 aromatic carbocycles. The van der Waals surface area contributed by atoms with Crippen molar-refractivity contribution >= 4 is 23.2 Å². The molecule has 1 saturated carbocycles. The smallest absolute Gasteiger partial charge is 0.259 e. The molecule has 0 bridgehead atoms. The molecule has 1 amide bonds. The number of aromatic nitrogens is 4. The van der Waals surface area contributed by atoms with Gasteiger partial charge in [0.1, 0.15) is 22.6 Å². The van der Waals surface area contributed by atoms with Gasteiger partial charge in [0.05, 0.1) is 0 Å². The summed E-state index contributed by atoms with van der Waals surface area (Å²) in [6, 6.07) is 9.22. The van der Waals surface area contributed by atoms with Gasteiger partial charge in [0.15, 0.2) is 5.65 Å². The van der Waals surface area contributed by atoms with Crippen LogP contribution in [0.5, 0.6) is 5.88 Å². The molecule has 0 N–H and O–H groups in total. The molecule has 150 valence electrons. The summed E-state index contributed by atoms with van der Waals surface area (Å²) in [5.74, 6) is 1.32. The molecule has 29 heavy (non-hydrogen) atoms. The fourth-order valence-corrected chi connectivity index (χ4v) is 4.14. The lowest BCUT2D eigenvalue weighted by Crippen LogP contribution is -2.40. The third-order valence-corrected chi connectivity index (χ3v) is 6.01. The Labute approximate surface area is 173 Å². The topological polar surface area (TPSA) is 72.6 Å². The first kappa shape index (κ1) is 18.4. The highest BCUT2D eigenvalue weighted by Gasteiger charge is 2.31. The monoisotopic (exact) mass is 411 g/mol. The maximum atomic E-state index is 13.3. The Morgan fingerprint density at radius 3 is 2.83 bits per heavy atom. The highest BCUT2D eigenvalue weighted by atomic mass is 35.5. The van der Waals surface area contributed by atoms with Gasteiger partial charge in [-0.1, -0.05) is 17.7 Å². The van der Waals surface area contributed by atoms with E-state index in [1.54, 1.807) is 12.1 Å². The number of piperidine rings is 1. The molecule has 1 aliphatic heterocycles. The number of likely N-dealkylation sites (tertiary alicyclic amines) is 1. The minimum Gasteiger partial charge on any atom is -0.474 e. The molecule has 8 heteroatoms. The molecule has 1 aliphatic carbocycles. The molecule has 1 saturated heterocycles. The minimum absolute atomic E-state index is 0.0676. The predicted octanol–water partition coefficient (Wildman–Crippen LogP) is 3.73. The second-order valence-corrected chi connectivity index (χ2v) is 8.12. The summed E-state index contributed by atoms with van der Waals surface area (Å²) in [6.07, 6.45) is 7.13. The van der Waals surface area contributed by atoms with Crippen molar-refractivity contribution in [2.24, 2.45) is 0 Å². The quantitative estimate of drug-likeness (QED) is 0.611. The molecule has 2 fully saturated rings. The van der Waals surface area contributed by atoms with Crippen LogP contribution in [0.1, 0.15) is 54.2 Å². The average molecular weight is 412 g/mol. The number of ether oxygens (including phenoxy) is 1. The van der Waals surface area contributed by atoms with Crippen LogP contribution in [0.2, 0.25) is 5.15 Å². The summed E-state index contributed by atoms with van der Waals surface area (Å²) < 4.78 is 7.97. The fourth-order valence-electron chi connectivity index (χ4n) is 4.00. The Hall–Kier alpha value is -2.67. The third kappa shape index (κ3) is 3.55. The standard InChI is InChI=1S/C21H22ClN5O2/c22-17-10-9-16(20(23-17)29-15-6-3-7-15)21(28)26-11-4-5-14(13-26)19-25-24-18-8-1-2-12-27(18)19/h1-2,8-10,12,14-15H,3-7,11,13H2/t14-/m0/s1. The van der Waals surface area contributed by atoms with Crippen molar-refractivity contribution in [2.75, 3.05) is 13.1 Å². The third-order valence-electron chi connectivity index (χ3n) is 5.80. The summed E-state index contributed by atoms with van der Waals surface area (Å²) in [6.45, 7) is 1.30. The molecule has 4 heterocycles. The van der Waals surface area contributed by atoms with Crippen LogP contribution in [-0.2, 0) is 0 Å². The van der Waals surface area contributed by atoms with Crippen LogP contribution >= 0.6 is 11.6 Å². The lowest BCUT2D eigenvalue weighted by molar-refractivity contribution is 0.0683. The Balaban J connectivity index is 1.39. The number of hydrogen-bond acceptors (Lipinski definition) is 5. The van der Waals surface area contributed by atoms with Crippen molar-refractivity contribution in [3.05, 3.63) is 53.1 Å². The van der Waals surface area contributed by atoms with Gasteiger partial charge < -0.3 is 9.64 Å². The normalized spacial score (nSPS) is 19.9. The summed E-state index contributed by atoms with van der Waals surface area (Å²) in [7, 11) is 0. The molecule has 0 radical (unpaired) electrons. The Morgan fingerprint density at radius 1 is 1.10 bits per heavy atom. The van der Waals surface area contributed by atoms with Crippen LogP contribution < -0.4 is 4.74 Å². The first-order valence-corrected chi connectivity index (χ1v) is 10.5. The van der Waals surface area contributed by atoms with Crippen molar-refractivity contribution in [1.29, 1.82) is 0 Å². The number of amides is 1. The predicted molar refractivity (Wildman–Crippen MR) is 108 cm³/mol. The number of rotatable bonds is 4. The van der Waals surface area contributed by atoms with E-state index in [-0.39, 0.29) is 17.9 Å². The number of carbonyl (C=O) groups excluding carboxylic acids is 1. The van der Waals surface area contributed by atoms with Crippen LogP contribution in [-0.4, -0.2) is 49.6 Å². The van der Waals surface area contributed by atoms with Crippen molar-refractivity contribution in [1.82, 2.24) is 24.5 Å². The SMILES string of the molecule is O=C(c1ccc(Cl)nc1OC1CCC1)N1CCC[C@H](c2nnc3ccccn23)C1. The zero-order chi connectivity index (χ0) is 19.8. The number of nitrogens with zero attached hydrogens (tertiary/aromatic N) is 5. The second-order valence-electron chi connectivity index (χ2n) is 7.73. The van der Waals surface area contributed by atoms with Crippen molar-refractivity contribution in [3.63, 3.8) is 0 Å². The average Bonchev–Trinajstić information content (AvgIpc) is 3.15. The van der Waals surface area contributed by atoms with Gasteiger partial charge in [-0.25, -0.2) is 4.98 Å². The van der Waals surface area contributed by atoms with Gasteiger partial charge in [-0.3, -0.25) is 9.20 Å². The highest BCUT2D eigenvalue weighted by molar-refractivity contribution is 6.29. The number of pyridine rings is 2. The largest absolute Gasteiger partial charge is 0.474 e. The summed E-state index contributed by atoms with van der Waals surface area (Å²) in [5, 5.41) is 8.99. The van der Waals surface area contributed by atoms with Gasteiger partial charge in [0, 0.05) is 25.2 Å². The zero-order valence-corrected chi connectivity index (χ0v) is 16.8. The van der Waals surface area contributed by atoms with E-state index < -0.39 is 0 Å². The van der Waals surface area contributed by atoms with E-state index in [9.17, 15) is 4.79 Å². The van der Waals surface area contributed by atoms with Gasteiger partial charge in [-0.05, 0) is 56.4 Å². The highest BCUT2D eigenvalue weighted by Crippen LogP contribution is 2.31. The minimum atomic E-state index is -0.0676. The number of hydrogen-bond donors (Lipinski definition) is 0. The van der Waals surface area contributed by atoms with Gasteiger partial charge in [-0.15, -0.1) is 10.2 Å². The van der Waals surface area contributed by atoms with E-state index in [2.05, 4.69) is 15.2 Å². The Morgan fingerprint density at radius 2 is 2.00 bits per heavy atom. The van der Waals surface area contributed by atoms with E-state index in [4.69, 9.17) is 16.3 Å². The zero-order valence-electron chi connectivity index (χ0n) is 16.0. The molecule has 0 unspecified atom stereocenters. The van der Waals surface area contributed by atoms with Gasteiger partial charge in [-0.2, -0.15) is 0 Å². The molecule has 0 spiro atoms. The summed E-state index contributed by atoms with van der Waals surface area (Å²) in [4.78, 5) is 19.5. The lowest BCUT2D eigenvalue weighted by Gasteiger charge is -2.33. The molecule has 3 aromatic rings. The lowest BCUT2D eigenvalue weighted by atomic mass is 9.96. The van der Waals surface area contributed by atoms with E-state index in [0.717, 1.165) is 43.6 Å². The van der Waals surface area contributed by atoms with Crippen LogP contribution in [0.15, 0.2) is 36.5 Å². The van der Waals surface area contributed by atoms with Crippen molar-refractivity contribution < 1.29 is 9.53 Å². The van der Waals surface area contributed by atoms with Crippen molar-refractivity contribution in [3.8, 4) is 5.88 Å². The molecule has 2 aliphatic rings. The number of fused-ring (bicyclic) bond motifs is 1. The Bertz CT molecular complexity index is 1050. The van der Waals surface area contributed by atoms with Crippen LogP contribution in [0.3, 0.4) is 0 Å². The summed E-state index contributed by atoms with van der Waals surface area (Å²) >= 11 is 6.06. The second kappa shape index (κ2) is 7.63. The summed E-state index contributed by atoms with van der Waals surface area (Å²) in [5.41, 5.74) is 1.30. The van der Waals surface area contributed by atoms with Gasteiger partial charge >= 0.3 is 0 Å².